The summed E-state index contributed by atoms with van der Waals surface area (Å²) in [6, 6.07) is 8.50. The lowest BCUT2D eigenvalue weighted by atomic mass is 9.95. The molecule has 174 valence electrons. The third-order valence-corrected chi connectivity index (χ3v) is 7.27. The number of ether oxygens (including phenoxy) is 1. The Morgan fingerprint density at radius 1 is 1.12 bits per heavy atom. The molecule has 0 N–H and O–H groups in total. The molecular formula is C26H23F3N4O. The van der Waals surface area contributed by atoms with Crippen molar-refractivity contribution >= 4 is 21.7 Å². The summed E-state index contributed by atoms with van der Waals surface area (Å²) in [5.41, 5.74) is 0.758. The Balaban J connectivity index is 1.38. The maximum absolute atomic E-state index is 15.7. The van der Waals surface area contributed by atoms with Gasteiger partial charge >= 0.3 is 6.01 Å². The lowest BCUT2D eigenvalue weighted by Gasteiger charge is -2.30. The molecule has 2 atom stereocenters. The zero-order chi connectivity index (χ0) is 23.4. The number of rotatable bonds is 4. The van der Waals surface area contributed by atoms with Crippen LogP contribution in [0.2, 0.25) is 0 Å². The van der Waals surface area contributed by atoms with E-state index in [-0.39, 0.29) is 35.2 Å². The summed E-state index contributed by atoms with van der Waals surface area (Å²) in [6.07, 6.45) is 4.42. The Morgan fingerprint density at radius 2 is 1.97 bits per heavy atom. The summed E-state index contributed by atoms with van der Waals surface area (Å²) < 4.78 is 50.0. The van der Waals surface area contributed by atoms with E-state index >= 15 is 4.39 Å². The van der Waals surface area contributed by atoms with Gasteiger partial charge in [0.2, 0.25) is 0 Å². The van der Waals surface area contributed by atoms with Crippen molar-refractivity contribution in [1.82, 2.24) is 19.9 Å². The highest BCUT2D eigenvalue weighted by Gasteiger charge is 2.49. The molecule has 8 heteroatoms. The number of fused-ring (bicyclic) bond motifs is 3. The van der Waals surface area contributed by atoms with Crippen molar-refractivity contribution in [3.05, 3.63) is 59.9 Å². The van der Waals surface area contributed by atoms with Gasteiger partial charge in [-0.15, -0.1) is 0 Å². The minimum absolute atomic E-state index is 0.0484. The van der Waals surface area contributed by atoms with Crippen LogP contribution in [0.5, 0.6) is 6.01 Å². The maximum atomic E-state index is 15.7. The predicted octanol–water partition coefficient (Wildman–Crippen LogP) is 5.39. The van der Waals surface area contributed by atoms with Gasteiger partial charge in [-0.25, -0.2) is 18.2 Å². The van der Waals surface area contributed by atoms with Crippen LogP contribution in [0.3, 0.4) is 0 Å². The molecule has 2 aliphatic heterocycles. The second kappa shape index (κ2) is 7.91. The number of pyridine rings is 1. The normalized spacial score (nSPS) is 22.5. The average Bonchev–Trinajstić information content (AvgIpc) is 3.36. The zero-order valence-electron chi connectivity index (χ0n) is 18.7. The molecule has 4 aromatic rings. The van der Waals surface area contributed by atoms with Crippen LogP contribution < -0.4 is 4.74 Å². The van der Waals surface area contributed by atoms with E-state index in [1.807, 2.05) is 6.07 Å². The van der Waals surface area contributed by atoms with Gasteiger partial charge in [-0.3, -0.25) is 9.88 Å². The van der Waals surface area contributed by atoms with Gasteiger partial charge in [0.25, 0.3) is 0 Å². The molecule has 0 aliphatic carbocycles. The van der Waals surface area contributed by atoms with Crippen molar-refractivity contribution in [3.63, 3.8) is 0 Å². The number of hydrogen-bond acceptors (Lipinski definition) is 5. The van der Waals surface area contributed by atoms with E-state index in [1.165, 1.54) is 18.5 Å². The summed E-state index contributed by atoms with van der Waals surface area (Å²) in [5, 5.41) is 1.84. The fourth-order valence-electron chi connectivity index (χ4n) is 5.59. The van der Waals surface area contributed by atoms with Crippen LogP contribution >= 0.6 is 0 Å². The van der Waals surface area contributed by atoms with E-state index in [0.717, 1.165) is 24.8 Å². The monoisotopic (exact) mass is 464 g/mol. The largest absolute Gasteiger partial charge is 0.461 e. The number of nitrogens with zero attached hydrogens (tertiary/aromatic N) is 4. The molecule has 0 saturated carbocycles. The third kappa shape index (κ3) is 3.31. The molecule has 0 bridgehead atoms. The third-order valence-electron chi connectivity index (χ3n) is 7.27. The molecule has 34 heavy (non-hydrogen) atoms. The molecule has 2 aromatic carbocycles. The Hall–Kier alpha value is -3.26. The highest BCUT2D eigenvalue weighted by atomic mass is 19.1. The van der Waals surface area contributed by atoms with Gasteiger partial charge in [-0.1, -0.05) is 24.3 Å². The molecule has 0 amide bonds. The van der Waals surface area contributed by atoms with Gasteiger partial charge in [0.15, 0.2) is 5.82 Å². The predicted molar refractivity (Wildman–Crippen MR) is 123 cm³/mol. The molecule has 2 aliphatic rings. The van der Waals surface area contributed by atoms with E-state index in [1.54, 1.807) is 25.1 Å². The molecule has 0 radical (unpaired) electrons. The van der Waals surface area contributed by atoms with E-state index < -0.39 is 12.0 Å². The first-order valence-corrected chi connectivity index (χ1v) is 11.5. The topological polar surface area (TPSA) is 51.1 Å². The Labute approximate surface area is 194 Å². The van der Waals surface area contributed by atoms with Crippen molar-refractivity contribution in [2.75, 3.05) is 19.7 Å². The fourth-order valence-corrected chi connectivity index (χ4v) is 5.59. The first kappa shape index (κ1) is 21.3. The smallest absolute Gasteiger partial charge is 0.317 e. The van der Waals surface area contributed by atoms with Gasteiger partial charge in [0.1, 0.15) is 29.8 Å². The van der Waals surface area contributed by atoms with Crippen LogP contribution in [0.25, 0.3) is 32.9 Å². The second-order valence-electron chi connectivity index (χ2n) is 9.32. The number of halogens is 3. The summed E-state index contributed by atoms with van der Waals surface area (Å²) in [5.74, 6) is -0.979. The van der Waals surface area contributed by atoms with Gasteiger partial charge in [0, 0.05) is 36.3 Å². The van der Waals surface area contributed by atoms with E-state index in [4.69, 9.17) is 4.74 Å². The first-order chi connectivity index (χ1) is 16.4. The number of aryl methyl sites for hydroxylation is 1. The number of hydrogen-bond donors (Lipinski definition) is 0. The van der Waals surface area contributed by atoms with E-state index in [0.29, 0.717) is 34.9 Å². The SMILES string of the molecule is Cc1c(F)ccc2cccc(-c3ncc4cnc(OC[C@@]56CCCN5C[C@H](F)C6)nc4c3F)c12. The van der Waals surface area contributed by atoms with Crippen molar-refractivity contribution in [2.45, 2.75) is 37.9 Å². The summed E-state index contributed by atoms with van der Waals surface area (Å²) >= 11 is 0. The van der Waals surface area contributed by atoms with Crippen LogP contribution in [0.15, 0.2) is 42.7 Å². The van der Waals surface area contributed by atoms with E-state index in [9.17, 15) is 8.78 Å². The molecule has 0 unspecified atom stereocenters. The van der Waals surface area contributed by atoms with Gasteiger partial charge in [-0.2, -0.15) is 4.98 Å². The molecular weight excluding hydrogens is 441 g/mol. The van der Waals surface area contributed by atoms with Gasteiger partial charge < -0.3 is 4.74 Å². The fraction of sp³-hybridized carbons (Fsp3) is 0.346. The maximum Gasteiger partial charge on any atom is 0.317 e. The molecule has 6 rings (SSSR count). The second-order valence-corrected chi connectivity index (χ2v) is 9.32. The lowest BCUT2D eigenvalue weighted by molar-refractivity contribution is 0.107. The van der Waals surface area contributed by atoms with Gasteiger partial charge in [0.05, 0.1) is 5.54 Å². The van der Waals surface area contributed by atoms with Crippen LogP contribution in [0.1, 0.15) is 24.8 Å². The summed E-state index contributed by atoms with van der Waals surface area (Å²) in [7, 11) is 0. The quantitative estimate of drug-likeness (QED) is 0.406. The zero-order valence-corrected chi connectivity index (χ0v) is 18.7. The van der Waals surface area contributed by atoms with Crippen molar-refractivity contribution in [3.8, 4) is 17.3 Å². The molecule has 2 aromatic heterocycles. The van der Waals surface area contributed by atoms with Crippen LogP contribution in [-0.4, -0.2) is 51.3 Å². The Kier molecular flexibility index (Phi) is 4.95. The molecule has 4 heterocycles. The number of benzene rings is 2. The molecule has 5 nitrogen and oxygen atoms in total. The average molecular weight is 464 g/mol. The van der Waals surface area contributed by atoms with Crippen molar-refractivity contribution in [1.29, 1.82) is 0 Å². The molecule has 0 spiro atoms. The highest BCUT2D eigenvalue weighted by molar-refractivity contribution is 5.99. The van der Waals surface area contributed by atoms with Crippen LogP contribution in [0.4, 0.5) is 13.2 Å². The van der Waals surface area contributed by atoms with Crippen molar-refractivity contribution < 1.29 is 17.9 Å². The van der Waals surface area contributed by atoms with E-state index in [2.05, 4.69) is 19.9 Å². The van der Waals surface area contributed by atoms with Crippen LogP contribution in [-0.2, 0) is 0 Å². The lowest BCUT2D eigenvalue weighted by Crippen LogP contribution is -2.43. The standard InChI is InChI=1S/C26H23F3N4O/c1-15-20(28)7-6-16-4-2-5-19(21(15)16)24-22(29)23-17(11-30-24)12-31-25(32-23)34-14-26-8-3-9-33(26)13-18(27)10-26/h2,4-7,11-12,18H,3,8-10,13-14H2,1H3/t18-,26+/m1/s1. The Bertz CT molecular complexity index is 1430. The van der Waals surface area contributed by atoms with Gasteiger partial charge in [-0.05, 0) is 48.7 Å². The molecule has 2 saturated heterocycles. The minimum Gasteiger partial charge on any atom is -0.461 e. The van der Waals surface area contributed by atoms with Crippen LogP contribution in [0, 0.1) is 18.6 Å². The number of alkyl halides is 1. The summed E-state index contributed by atoms with van der Waals surface area (Å²) in [6.45, 7) is 3.22. The Morgan fingerprint density at radius 3 is 2.85 bits per heavy atom. The van der Waals surface area contributed by atoms with Crippen molar-refractivity contribution in [2.24, 2.45) is 0 Å². The number of aromatic nitrogens is 3. The first-order valence-electron chi connectivity index (χ1n) is 11.5. The highest BCUT2D eigenvalue weighted by Crippen LogP contribution is 2.40. The minimum atomic E-state index is -0.860. The molecule has 2 fully saturated rings. The summed E-state index contributed by atoms with van der Waals surface area (Å²) in [4.78, 5) is 15.0.